The van der Waals surface area contributed by atoms with Gasteiger partial charge in [0.1, 0.15) is 11.5 Å². The van der Waals surface area contributed by atoms with Gasteiger partial charge in [-0.3, -0.25) is 15.1 Å². The van der Waals surface area contributed by atoms with Gasteiger partial charge >= 0.3 is 6.18 Å². The van der Waals surface area contributed by atoms with Crippen LogP contribution in [0.15, 0.2) is 30.5 Å². The molecule has 0 aliphatic carbocycles. The van der Waals surface area contributed by atoms with Crippen molar-refractivity contribution >= 4 is 5.69 Å². The number of nitrogens with one attached hydrogen (secondary N) is 1. The van der Waals surface area contributed by atoms with E-state index in [9.17, 15) is 27.7 Å². The lowest BCUT2D eigenvalue weighted by molar-refractivity contribution is -0.385. The van der Waals surface area contributed by atoms with Crippen molar-refractivity contribution in [2.75, 3.05) is 0 Å². The summed E-state index contributed by atoms with van der Waals surface area (Å²) in [4.78, 5) is 13.3. The number of pyridine rings is 1. The molecule has 2 heterocycles. The number of rotatable bonds is 3. The average Bonchev–Trinajstić information content (AvgIpc) is 3.07. The molecule has 2 aromatic heterocycles. The van der Waals surface area contributed by atoms with Crippen LogP contribution in [0, 0.1) is 15.9 Å². The molecule has 12 heteroatoms. The van der Waals surface area contributed by atoms with Crippen molar-refractivity contribution in [1.82, 2.24) is 25.6 Å². The predicted molar refractivity (Wildman–Crippen MR) is 74.5 cm³/mol. The molecular weight excluding hydrogens is 348 g/mol. The minimum absolute atomic E-state index is 0.136. The molecule has 1 N–H and O–H groups in total. The third kappa shape index (κ3) is 3.13. The number of non-ortho nitro benzene ring substituents is 1. The van der Waals surface area contributed by atoms with E-state index in [0.717, 1.165) is 18.3 Å². The first-order valence-corrected chi connectivity index (χ1v) is 6.53. The second-order valence-corrected chi connectivity index (χ2v) is 4.78. The van der Waals surface area contributed by atoms with E-state index in [1.165, 1.54) is 0 Å². The lowest BCUT2D eigenvalue weighted by atomic mass is 9.98. The molecule has 0 aliphatic heterocycles. The van der Waals surface area contributed by atoms with Crippen LogP contribution < -0.4 is 0 Å². The predicted octanol–water partition coefficient (Wildman–Crippen LogP) is 2.99. The lowest BCUT2D eigenvalue weighted by Crippen LogP contribution is -2.08. The van der Waals surface area contributed by atoms with E-state index in [1.54, 1.807) is 0 Å². The molecular formula is C13H6F4N6O2. The summed E-state index contributed by atoms with van der Waals surface area (Å²) in [6.07, 6.45) is -3.87. The van der Waals surface area contributed by atoms with Crippen molar-refractivity contribution < 1.29 is 22.5 Å². The minimum atomic E-state index is -4.73. The van der Waals surface area contributed by atoms with E-state index in [-0.39, 0.29) is 22.5 Å². The van der Waals surface area contributed by atoms with Crippen molar-refractivity contribution in [2.24, 2.45) is 0 Å². The minimum Gasteiger partial charge on any atom is -0.258 e. The molecule has 0 spiro atoms. The molecule has 8 nitrogen and oxygen atoms in total. The normalized spacial score (nSPS) is 11.5. The van der Waals surface area contributed by atoms with Crippen LogP contribution in [0.25, 0.3) is 22.5 Å². The smallest absolute Gasteiger partial charge is 0.258 e. The number of nitro groups is 1. The van der Waals surface area contributed by atoms with Gasteiger partial charge in [0.2, 0.25) is 0 Å². The maximum Gasteiger partial charge on any atom is 0.433 e. The summed E-state index contributed by atoms with van der Waals surface area (Å²) < 4.78 is 53.0. The van der Waals surface area contributed by atoms with E-state index in [0.29, 0.717) is 12.1 Å². The second-order valence-electron chi connectivity index (χ2n) is 4.78. The zero-order valence-electron chi connectivity index (χ0n) is 12.0. The molecule has 0 aliphatic rings. The number of tetrazole rings is 1. The lowest BCUT2D eigenvalue weighted by Gasteiger charge is -2.11. The Morgan fingerprint density at radius 1 is 1.20 bits per heavy atom. The second kappa shape index (κ2) is 5.89. The molecule has 0 bridgehead atoms. The van der Waals surface area contributed by atoms with Crippen LogP contribution >= 0.6 is 0 Å². The van der Waals surface area contributed by atoms with Crippen molar-refractivity contribution in [3.63, 3.8) is 0 Å². The molecule has 0 saturated carbocycles. The summed E-state index contributed by atoms with van der Waals surface area (Å²) in [5.41, 5.74) is -2.49. The molecule has 0 saturated heterocycles. The van der Waals surface area contributed by atoms with Crippen molar-refractivity contribution in [3.8, 4) is 22.5 Å². The summed E-state index contributed by atoms with van der Waals surface area (Å²) >= 11 is 0. The fourth-order valence-electron chi connectivity index (χ4n) is 2.19. The highest BCUT2D eigenvalue weighted by atomic mass is 19.4. The topological polar surface area (TPSA) is 110 Å². The summed E-state index contributed by atoms with van der Waals surface area (Å²) in [5, 5.41) is 23.3. The third-order valence-electron chi connectivity index (χ3n) is 3.23. The van der Waals surface area contributed by atoms with Crippen molar-refractivity contribution in [3.05, 3.63) is 52.1 Å². The number of hydrogen-bond acceptors (Lipinski definition) is 6. The van der Waals surface area contributed by atoms with Crippen LogP contribution in [0.4, 0.5) is 23.2 Å². The van der Waals surface area contributed by atoms with Gasteiger partial charge in [-0.2, -0.15) is 13.2 Å². The Morgan fingerprint density at radius 2 is 1.96 bits per heavy atom. The maximum atomic E-state index is 14.5. The molecule has 1 aromatic carbocycles. The summed E-state index contributed by atoms with van der Waals surface area (Å²) in [6, 6.07) is 3.36. The third-order valence-corrected chi connectivity index (χ3v) is 3.23. The van der Waals surface area contributed by atoms with E-state index >= 15 is 0 Å². The Hall–Kier alpha value is -3.44. The first-order valence-electron chi connectivity index (χ1n) is 6.53. The van der Waals surface area contributed by atoms with Gasteiger partial charge in [0.25, 0.3) is 5.69 Å². The number of hydrogen-bond donors (Lipinski definition) is 1. The van der Waals surface area contributed by atoms with Gasteiger partial charge in [-0.25, -0.2) is 9.49 Å². The Kier molecular flexibility index (Phi) is 3.87. The SMILES string of the molecule is O=[N+]([O-])c1cc(F)c(-c2ccnc(C(F)(F)F)c2)c(-c2nnn[nH]2)c1. The summed E-state index contributed by atoms with van der Waals surface area (Å²) in [7, 11) is 0. The molecule has 0 fully saturated rings. The van der Waals surface area contributed by atoms with Gasteiger partial charge in [0, 0.05) is 23.4 Å². The molecule has 0 atom stereocenters. The number of alkyl halides is 3. The molecule has 0 amide bonds. The fourth-order valence-corrected chi connectivity index (χ4v) is 2.19. The Morgan fingerprint density at radius 3 is 2.56 bits per heavy atom. The van der Waals surface area contributed by atoms with Gasteiger partial charge in [-0.15, -0.1) is 5.10 Å². The first-order chi connectivity index (χ1) is 11.8. The van der Waals surface area contributed by atoms with Crippen LogP contribution in [0.1, 0.15) is 5.69 Å². The molecule has 0 radical (unpaired) electrons. The largest absolute Gasteiger partial charge is 0.433 e. The number of nitrogens with zero attached hydrogens (tertiary/aromatic N) is 5. The highest BCUT2D eigenvalue weighted by Crippen LogP contribution is 2.37. The Labute approximate surface area is 135 Å². The van der Waals surface area contributed by atoms with Gasteiger partial charge in [-0.05, 0) is 28.1 Å². The van der Waals surface area contributed by atoms with Gasteiger partial charge in [-0.1, -0.05) is 0 Å². The van der Waals surface area contributed by atoms with Crippen molar-refractivity contribution in [2.45, 2.75) is 6.18 Å². The number of H-pyrrole nitrogens is 1. The fraction of sp³-hybridized carbons (Fsp3) is 0.0769. The molecule has 25 heavy (non-hydrogen) atoms. The van der Waals surface area contributed by atoms with Crippen LogP contribution in [0.3, 0.4) is 0 Å². The van der Waals surface area contributed by atoms with E-state index in [1.807, 2.05) is 0 Å². The highest BCUT2D eigenvalue weighted by Gasteiger charge is 2.33. The number of halogens is 4. The molecule has 128 valence electrons. The van der Waals surface area contributed by atoms with E-state index in [4.69, 9.17) is 0 Å². The molecule has 3 rings (SSSR count). The Balaban J connectivity index is 2.28. The van der Waals surface area contributed by atoms with Gasteiger partial charge < -0.3 is 0 Å². The monoisotopic (exact) mass is 354 g/mol. The highest BCUT2D eigenvalue weighted by molar-refractivity contribution is 5.82. The Bertz CT molecular complexity index is 942. The van der Waals surface area contributed by atoms with E-state index in [2.05, 4.69) is 25.6 Å². The maximum absolute atomic E-state index is 14.5. The first kappa shape index (κ1) is 16.4. The van der Waals surface area contributed by atoms with Crippen LogP contribution in [-0.2, 0) is 6.18 Å². The van der Waals surface area contributed by atoms with Crippen LogP contribution in [-0.4, -0.2) is 30.5 Å². The summed E-state index contributed by atoms with van der Waals surface area (Å²) in [6.45, 7) is 0. The van der Waals surface area contributed by atoms with Crippen LogP contribution in [0.5, 0.6) is 0 Å². The zero-order chi connectivity index (χ0) is 18.2. The number of benzene rings is 1. The standard InChI is InChI=1S/C13H6F4N6O2/c14-9-5-7(23(24)25)4-8(12-19-21-22-20-12)11(9)6-1-2-18-10(3-6)13(15,16)17/h1-5H,(H,19,20,21,22). The van der Waals surface area contributed by atoms with Crippen LogP contribution in [0.2, 0.25) is 0 Å². The van der Waals surface area contributed by atoms with Gasteiger partial charge in [0.05, 0.1) is 11.0 Å². The van der Waals surface area contributed by atoms with Gasteiger partial charge in [0.15, 0.2) is 5.82 Å². The number of nitro benzene ring substituents is 1. The number of aromatic nitrogens is 5. The van der Waals surface area contributed by atoms with Crippen molar-refractivity contribution in [1.29, 1.82) is 0 Å². The quantitative estimate of drug-likeness (QED) is 0.440. The van der Waals surface area contributed by atoms with E-state index < -0.39 is 28.3 Å². The molecule has 3 aromatic rings. The number of aromatic amines is 1. The average molecular weight is 354 g/mol. The summed E-state index contributed by atoms with van der Waals surface area (Å²) in [5.74, 6) is -1.23. The molecule has 0 unspecified atom stereocenters. The zero-order valence-corrected chi connectivity index (χ0v) is 12.0.